The number of unbranched alkanes of at least 4 members (excludes halogenated alkanes) is 3. The molecule has 4 aromatic carbocycles. The summed E-state index contributed by atoms with van der Waals surface area (Å²) in [4.78, 5) is 120. The van der Waals surface area contributed by atoms with Gasteiger partial charge < -0.3 is 18.3 Å². The molecule has 0 amide bonds. The van der Waals surface area contributed by atoms with Crippen molar-refractivity contribution in [3.8, 4) is 22.7 Å². The molecule has 16 rings (SSSR count). The molecular formula is C106H120N16O6. The first-order valence-electron chi connectivity index (χ1n) is 45.9. The van der Waals surface area contributed by atoms with Gasteiger partial charge in [-0.2, -0.15) is 0 Å². The molecule has 4 aliphatic heterocycles. The van der Waals surface area contributed by atoms with Gasteiger partial charge in [-0.05, 0) is 273 Å². The number of hydrogen-bond donors (Lipinski definition) is 0. The van der Waals surface area contributed by atoms with E-state index in [-0.39, 0.29) is 34.5 Å². The number of rotatable bonds is 29. The lowest BCUT2D eigenvalue weighted by atomic mass is 10.0. The van der Waals surface area contributed by atoms with Crippen molar-refractivity contribution in [2.45, 2.75) is 216 Å². The first-order valence-corrected chi connectivity index (χ1v) is 45.9. The zero-order valence-corrected chi connectivity index (χ0v) is 76.3. The maximum Gasteiger partial charge on any atom is 0.187 e. The quantitative estimate of drug-likeness (QED) is 0.0243. The normalized spacial score (nSPS) is 14.8. The van der Waals surface area contributed by atoms with E-state index in [0.717, 1.165) is 223 Å². The van der Waals surface area contributed by atoms with Gasteiger partial charge in [-0.3, -0.25) is 68.3 Å². The molecule has 12 aromatic rings. The van der Waals surface area contributed by atoms with E-state index in [2.05, 4.69) is 119 Å². The minimum Gasteiger partial charge on any atom is -0.312 e. The van der Waals surface area contributed by atoms with Crippen LogP contribution >= 0.6 is 0 Å². The summed E-state index contributed by atoms with van der Waals surface area (Å²) >= 11 is 0. The average Bonchev–Trinajstić information content (AvgIpc) is 1.62. The number of likely N-dealkylation sites (tertiary alicyclic amines) is 4. The number of carbonyl (C=O) groups excluding carboxylic acids is 6. The van der Waals surface area contributed by atoms with E-state index < -0.39 is 0 Å². The Balaban J connectivity index is 0.000000147. The van der Waals surface area contributed by atoms with Gasteiger partial charge >= 0.3 is 0 Å². The number of Topliss-reactive ketones (excluding diaryl/α,β-unsaturated/α-hetero) is 6. The van der Waals surface area contributed by atoms with Crippen molar-refractivity contribution in [1.29, 1.82) is 0 Å². The van der Waals surface area contributed by atoms with Crippen LogP contribution in [0.15, 0.2) is 146 Å². The Kier molecular flexibility index (Phi) is 31.5. The zero-order chi connectivity index (χ0) is 90.7. The number of aryl methyl sites for hydroxylation is 4. The minimum atomic E-state index is 0.0571. The number of piperidine rings is 3. The van der Waals surface area contributed by atoms with Crippen molar-refractivity contribution in [3.05, 3.63) is 259 Å². The van der Waals surface area contributed by atoms with Gasteiger partial charge in [0.1, 0.15) is 11.6 Å². The summed E-state index contributed by atoms with van der Waals surface area (Å²) in [5.74, 6) is 1.03. The van der Waals surface area contributed by atoms with Gasteiger partial charge in [-0.1, -0.05) is 101 Å². The highest BCUT2D eigenvalue weighted by molar-refractivity contribution is 6.12. The molecule has 4 fully saturated rings. The monoisotopic (exact) mass is 1710 g/mol. The average molecular weight is 1710 g/mol. The third-order valence-electron chi connectivity index (χ3n) is 25.7. The SMILES string of the molecule is [C-]#[N+]c1ccc(-n2c(C)c(C(=O)CN3CCCC3(C)C)c3ncc(C)cc32)cc1.[C-]#[N+]c1ccc(-n2c(C)c(C(=O)CN3CCCCC3)c3ncc(C)cc32)cc1.[C-]#[N+]c1ccc(-n2c(C)c(C(=O)CN3CCCCC3)c3ncc(CCC(=O)CCCC)cc32)cc1.[C-]#[N+]c1ccc(-n2c(C)c(C(=O)CN3CCCCC3)c3ncc(CCC(=O)CCCCC)cc32)cc1. The molecule has 22 heteroatoms. The number of nitrogens with zero attached hydrogens (tertiary/aromatic N) is 16. The molecule has 660 valence electrons. The Labute approximate surface area is 753 Å². The fraction of sp³-hybridized carbons (Fsp3) is 0.415. The van der Waals surface area contributed by atoms with E-state index in [1.54, 1.807) is 24.3 Å². The van der Waals surface area contributed by atoms with Crippen LogP contribution in [0.4, 0.5) is 22.7 Å². The molecule has 0 N–H and O–H groups in total. The standard InChI is InChI=1S/C30H36N4O2.C29H34N4O2.C24H26N4O.C23H24N4O/c1-4-5-7-10-26(35)16-11-23-19-27-30(32-20-23)29(28(36)21-33-17-8-6-9-18-33)22(2)34(27)25-14-12-24(31-3)13-15-25;1-4-5-9-25(34)15-10-22-18-26-29(31-19-22)28(27(35)20-32-16-7-6-8-17-32)21(2)33(26)24-13-11-23(30-3)12-14-24;1-16-13-20-23(26-14-16)22(21(29)15-27-12-6-11-24(27,3)4)17(2)28(20)19-9-7-18(25-5)8-10-19;1-16-13-20-23(25-14-16)22(21(28)15-26-11-5-4-6-12-26)17(2)27(20)19-9-7-18(24-3)8-10-19/h12-15,19-20H,4-11,16-18,21H2,1-2H3;11-14,18-19H,4-10,15-17,20H2,1-2H3;7-10,13-14H,6,11-12,15H2,1-4H3;7-10,13-14H,4-6,11-12,15H2,1-2H3. The van der Waals surface area contributed by atoms with Gasteiger partial charge in [0.2, 0.25) is 0 Å². The first-order chi connectivity index (χ1) is 61.9. The number of aromatic nitrogens is 8. The van der Waals surface area contributed by atoms with Gasteiger partial charge in [0, 0.05) is 102 Å². The van der Waals surface area contributed by atoms with Crippen LogP contribution in [0.25, 0.3) is 86.3 Å². The van der Waals surface area contributed by atoms with Crippen LogP contribution < -0.4 is 0 Å². The molecule has 8 aromatic heterocycles. The molecule has 0 aliphatic carbocycles. The molecule has 0 spiro atoms. The Bertz CT molecular complexity index is 6220. The van der Waals surface area contributed by atoms with E-state index in [0.29, 0.717) is 121 Å². The molecule has 4 aliphatic rings. The molecule has 0 atom stereocenters. The second-order valence-corrected chi connectivity index (χ2v) is 35.6. The third kappa shape index (κ3) is 22.0. The molecule has 0 saturated carbocycles. The third-order valence-corrected chi connectivity index (χ3v) is 25.7. The predicted octanol–water partition coefficient (Wildman–Crippen LogP) is 23.0. The van der Waals surface area contributed by atoms with Crippen LogP contribution in [0.1, 0.15) is 243 Å². The van der Waals surface area contributed by atoms with Gasteiger partial charge in [-0.15, -0.1) is 0 Å². The molecule has 12 heterocycles. The smallest absolute Gasteiger partial charge is 0.187 e. The van der Waals surface area contributed by atoms with Crippen LogP contribution in [0.2, 0.25) is 0 Å². The van der Waals surface area contributed by atoms with Crippen LogP contribution in [0.5, 0.6) is 0 Å². The summed E-state index contributed by atoms with van der Waals surface area (Å²) in [7, 11) is 0. The number of hydrogen-bond acceptors (Lipinski definition) is 14. The fourth-order valence-electron chi connectivity index (χ4n) is 18.7. The molecular weight excluding hydrogens is 1590 g/mol. The summed E-state index contributed by atoms with van der Waals surface area (Å²) in [5.41, 5.74) is 23.1. The molecule has 4 saturated heterocycles. The Morgan fingerprint density at radius 1 is 0.344 bits per heavy atom. The highest BCUT2D eigenvalue weighted by atomic mass is 16.1. The molecule has 22 nitrogen and oxygen atoms in total. The maximum atomic E-state index is 13.5. The molecule has 0 bridgehead atoms. The van der Waals surface area contributed by atoms with E-state index in [4.69, 9.17) is 36.3 Å². The van der Waals surface area contributed by atoms with Crippen LogP contribution in [0, 0.1) is 67.8 Å². The molecule has 0 unspecified atom stereocenters. The van der Waals surface area contributed by atoms with Crippen LogP contribution in [-0.2, 0) is 22.4 Å². The van der Waals surface area contributed by atoms with Gasteiger partial charge in [0.05, 0.1) is 119 Å². The highest BCUT2D eigenvalue weighted by Crippen LogP contribution is 2.38. The Morgan fingerprint density at radius 3 is 0.922 bits per heavy atom. The lowest BCUT2D eigenvalue weighted by Gasteiger charge is -2.30. The summed E-state index contributed by atoms with van der Waals surface area (Å²) in [6, 6.07) is 38.1. The van der Waals surface area contributed by atoms with Crippen molar-refractivity contribution >= 4 is 102 Å². The fourth-order valence-corrected chi connectivity index (χ4v) is 18.7. The van der Waals surface area contributed by atoms with E-state index in [9.17, 15) is 28.8 Å². The molecule has 0 radical (unpaired) electrons. The summed E-state index contributed by atoms with van der Waals surface area (Å²) in [6.45, 7) is 58.0. The predicted molar refractivity (Wildman–Crippen MR) is 511 cm³/mol. The van der Waals surface area contributed by atoms with E-state index in [1.807, 2.05) is 139 Å². The van der Waals surface area contributed by atoms with Crippen LogP contribution in [-0.4, -0.2) is 170 Å². The second-order valence-electron chi connectivity index (χ2n) is 35.6. The van der Waals surface area contributed by atoms with Gasteiger partial charge in [-0.25, -0.2) is 19.4 Å². The lowest BCUT2D eigenvalue weighted by molar-refractivity contribution is -0.120. The topological polar surface area (TPSA) is 204 Å². The maximum absolute atomic E-state index is 13.5. The number of fused-ring (bicyclic) bond motifs is 4. The number of pyridine rings is 4. The van der Waals surface area contributed by atoms with E-state index >= 15 is 0 Å². The minimum absolute atomic E-state index is 0.0571. The summed E-state index contributed by atoms with van der Waals surface area (Å²) in [6.07, 6.45) is 28.8. The first kappa shape index (κ1) is 93.1. The number of benzene rings is 4. The van der Waals surface area contributed by atoms with E-state index in [1.165, 1.54) is 32.1 Å². The number of carbonyl (C=O) groups is 6. The zero-order valence-electron chi connectivity index (χ0n) is 76.3. The van der Waals surface area contributed by atoms with Crippen molar-refractivity contribution < 1.29 is 28.8 Å². The second kappa shape index (κ2) is 43.3. The highest BCUT2D eigenvalue weighted by Gasteiger charge is 2.36. The van der Waals surface area contributed by atoms with Crippen molar-refractivity contribution in [2.24, 2.45) is 0 Å². The van der Waals surface area contributed by atoms with Crippen molar-refractivity contribution in [1.82, 2.24) is 57.8 Å². The van der Waals surface area contributed by atoms with Gasteiger partial charge in [0.15, 0.2) is 45.9 Å². The van der Waals surface area contributed by atoms with Crippen LogP contribution in [0.3, 0.4) is 0 Å². The summed E-state index contributed by atoms with van der Waals surface area (Å²) in [5, 5.41) is 0. The van der Waals surface area contributed by atoms with Gasteiger partial charge in [0.25, 0.3) is 0 Å². The number of ketones is 6. The Morgan fingerprint density at radius 2 is 0.633 bits per heavy atom. The molecule has 128 heavy (non-hydrogen) atoms. The van der Waals surface area contributed by atoms with Crippen molar-refractivity contribution in [2.75, 3.05) is 72.0 Å². The van der Waals surface area contributed by atoms with Crippen molar-refractivity contribution in [3.63, 3.8) is 0 Å². The summed E-state index contributed by atoms with van der Waals surface area (Å²) < 4.78 is 8.33. The lowest BCUT2D eigenvalue weighted by Crippen LogP contribution is -2.41. The Hall–Kier alpha value is -12.5. The largest absolute Gasteiger partial charge is 0.312 e.